The Morgan fingerprint density at radius 3 is 1.40 bits per heavy atom. The molecule has 0 radical (unpaired) electrons. The van der Waals surface area contributed by atoms with Gasteiger partial charge in [0.2, 0.25) is 0 Å². The SMILES string of the molecule is [2H]c1c([2H])c([2H])c(-c2nc(-c3ccc(-n4c5ccccc5c5ccc6c(c7ccccc7n6-c6ccc7sc8ccccc8c7c6)c54)c(-c4nc(-c5c([2H])c([2H])c([2H])c([2H])c5[2H])nc(-c5c([2H])c([2H])c([2H])c([2H])c5[2H])n4)c3)nc(-c3c([2H])c([2H])c([2H])c([2H])c3[2H])n2)c([2H])c1[2H]. The molecule has 0 atom stereocenters. The van der Waals surface area contributed by atoms with Crippen LogP contribution in [0.25, 0.3) is 143 Å². The van der Waals surface area contributed by atoms with E-state index in [0.29, 0.717) is 11.0 Å². The third-order valence-electron chi connectivity index (χ3n) is 13.0. The van der Waals surface area contributed by atoms with Crippen LogP contribution in [0.4, 0.5) is 0 Å². The third-order valence-corrected chi connectivity index (χ3v) is 14.1. The second-order valence-corrected chi connectivity index (χ2v) is 18.3. The Labute approximate surface area is 462 Å². The number of hydrogen-bond acceptors (Lipinski definition) is 7. The van der Waals surface area contributed by atoms with Crippen molar-refractivity contribution in [3.63, 3.8) is 0 Å². The van der Waals surface area contributed by atoms with E-state index < -0.39 is 166 Å². The van der Waals surface area contributed by atoms with Crippen molar-refractivity contribution in [1.82, 2.24) is 39.0 Å². The molecule has 0 fully saturated rings. The van der Waals surface area contributed by atoms with Gasteiger partial charge in [-0.15, -0.1) is 11.3 Å². The summed E-state index contributed by atoms with van der Waals surface area (Å²) in [5.41, 5.74) is 1.84. The minimum absolute atomic E-state index is 0.0126. The highest BCUT2D eigenvalue weighted by Gasteiger charge is 2.25. The lowest BCUT2D eigenvalue weighted by molar-refractivity contribution is 1.06. The fourth-order valence-electron chi connectivity index (χ4n) is 9.84. The maximum Gasteiger partial charge on any atom is 0.166 e. The van der Waals surface area contributed by atoms with Crippen molar-refractivity contribution in [2.24, 2.45) is 0 Å². The van der Waals surface area contributed by atoms with Crippen LogP contribution in [0.5, 0.6) is 0 Å². The molecule has 0 bridgehead atoms. The van der Waals surface area contributed by atoms with E-state index in [1.807, 2.05) is 71.3 Å². The van der Waals surface area contributed by atoms with Crippen LogP contribution in [0, 0.1) is 0 Å². The van der Waals surface area contributed by atoms with E-state index >= 15 is 0 Å². The molecule has 0 unspecified atom stereocenters. The van der Waals surface area contributed by atoms with Crippen LogP contribution in [-0.2, 0) is 0 Å². The summed E-state index contributed by atoms with van der Waals surface area (Å²) in [6.45, 7) is 0. The van der Waals surface area contributed by atoms with Crippen molar-refractivity contribution in [2.45, 2.75) is 0 Å². The smallest absolute Gasteiger partial charge is 0.166 e. The van der Waals surface area contributed by atoms with Crippen LogP contribution in [0.1, 0.15) is 27.4 Å². The predicted molar refractivity (Wildman–Crippen MR) is 307 cm³/mol. The molecule has 5 heterocycles. The van der Waals surface area contributed by atoms with Crippen molar-refractivity contribution in [1.29, 1.82) is 0 Å². The Bertz CT molecular complexity index is 5680. The van der Waals surface area contributed by atoms with E-state index in [9.17, 15) is 5.48 Å². The number of benzene rings is 10. The Morgan fingerprint density at radius 2 is 0.813 bits per heavy atom. The normalized spacial score (nSPS) is 15.5. The molecule has 8 nitrogen and oxygen atoms in total. The van der Waals surface area contributed by atoms with Gasteiger partial charge in [0.15, 0.2) is 34.9 Å². The summed E-state index contributed by atoms with van der Waals surface area (Å²) in [7, 11) is 0. The first-order chi connectivity index (χ1) is 45.5. The highest BCUT2D eigenvalue weighted by atomic mass is 32.1. The number of fused-ring (bicyclic) bond motifs is 10. The largest absolute Gasteiger partial charge is 0.309 e. The average molecular weight is 997 g/mol. The van der Waals surface area contributed by atoms with Gasteiger partial charge in [0.1, 0.15) is 0 Å². The maximum atomic E-state index is 9.20. The maximum absolute atomic E-state index is 9.20. The summed E-state index contributed by atoms with van der Waals surface area (Å²) < 4.78 is 183. The zero-order valence-corrected chi connectivity index (χ0v) is 39.3. The van der Waals surface area contributed by atoms with E-state index in [0.717, 1.165) is 58.4 Å². The Balaban J connectivity index is 1.10. The van der Waals surface area contributed by atoms with Crippen LogP contribution in [0.3, 0.4) is 0 Å². The zero-order valence-electron chi connectivity index (χ0n) is 58.5. The van der Waals surface area contributed by atoms with Gasteiger partial charge in [-0.3, -0.25) is 0 Å². The van der Waals surface area contributed by atoms with E-state index in [4.69, 9.17) is 41.9 Å². The Kier molecular flexibility index (Phi) is 6.30. The van der Waals surface area contributed by atoms with Crippen molar-refractivity contribution in [3.8, 4) is 79.7 Å². The van der Waals surface area contributed by atoms with Crippen molar-refractivity contribution < 1.29 is 27.4 Å². The van der Waals surface area contributed by atoms with Gasteiger partial charge < -0.3 is 9.13 Å². The number of nitrogens with zero attached hydrogens (tertiary/aromatic N) is 8. The third kappa shape index (κ3) is 7.12. The lowest BCUT2D eigenvalue weighted by Crippen LogP contribution is -2.05. The average Bonchev–Trinajstić information content (AvgIpc) is 1.55. The molecule has 0 aliphatic heterocycles. The highest BCUT2D eigenvalue weighted by molar-refractivity contribution is 7.25. The molecule has 15 aromatic rings. The van der Waals surface area contributed by atoms with Crippen LogP contribution in [-0.4, -0.2) is 39.0 Å². The molecular weight excluding hydrogens is 937 g/mol. The van der Waals surface area contributed by atoms with Gasteiger partial charge in [0.25, 0.3) is 0 Å². The summed E-state index contributed by atoms with van der Waals surface area (Å²) in [5.74, 6) is -3.06. The lowest BCUT2D eigenvalue weighted by atomic mass is 10.0. The first-order valence-corrected chi connectivity index (χ1v) is 24.1. The van der Waals surface area contributed by atoms with E-state index in [2.05, 4.69) is 50.9 Å². The zero-order chi connectivity index (χ0) is 66.8. The van der Waals surface area contributed by atoms with Crippen LogP contribution < -0.4 is 0 Å². The number of hydrogen-bond donors (Lipinski definition) is 0. The molecule has 9 heteroatoms. The standard InChI is InChI=1S/C66H40N8S/c1-5-19-41(20-6-1)61-67-62(42-21-7-2-8-22-42)70-65(69-61)45-33-36-55(52(39-45)66-71-63(43-23-9-3-10-24-43)68-64(72-66)44-25-11-4-12-26-44)74-53-30-16-13-27-47(53)49-35-37-56-59(60(49)74)50-29-14-17-31-54(50)73(56)46-34-38-58-51(40-46)48-28-15-18-32-57(48)75-58/h1-40H/i1D,2D,3D,4D,5D,6D,7D,8D,9D,10D,11D,12D,19D,20D,21D,22D,23D,24D,25D,26D. The minimum atomic E-state index is -0.772. The summed E-state index contributed by atoms with van der Waals surface area (Å²) in [6.07, 6.45) is 0. The first-order valence-electron chi connectivity index (χ1n) is 33.3. The summed E-state index contributed by atoms with van der Waals surface area (Å²) in [5, 5.41) is 5.31. The van der Waals surface area contributed by atoms with Gasteiger partial charge in [0, 0.05) is 80.8 Å². The molecular formula is C66H40N8S. The minimum Gasteiger partial charge on any atom is -0.309 e. The second-order valence-electron chi connectivity index (χ2n) is 17.2. The summed E-state index contributed by atoms with van der Waals surface area (Å²) in [6, 6.07) is 23.7. The van der Waals surface area contributed by atoms with Gasteiger partial charge in [-0.1, -0.05) is 182 Å². The predicted octanol–water partition coefficient (Wildman–Crippen LogP) is 16.6. The van der Waals surface area contributed by atoms with Gasteiger partial charge in [0.05, 0.1) is 55.2 Å². The van der Waals surface area contributed by atoms with Crippen molar-refractivity contribution >= 4 is 75.1 Å². The van der Waals surface area contributed by atoms with Gasteiger partial charge in [-0.2, -0.15) is 0 Å². The molecule has 10 aromatic carbocycles. The molecule has 350 valence electrons. The fraction of sp³-hybridized carbons (Fsp3) is 0. The Hall–Kier alpha value is -9.96. The van der Waals surface area contributed by atoms with E-state index in [-0.39, 0.29) is 28.5 Å². The highest BCUT2D eigenvalue weighted by Crippen LogP contribution is 2.45. The summed E-state index contributed by atoms with van der Waals surface area (Å²) >= 11 is 1.69. The van der Waals surface area contributed by atoms with E-state index in [1.165, 1.54) is 6.07 Å². The molecule has 0 N–H and O–H groups in total. The second kappa shape index (κ2) is 17.4. The molecule has 0 saturated carbocycles. The topological polar surface area (TPSA) is 87.2 Å². The summed E-state index contributed by atoms with van der Waals surface area (Å²) in [4.78, 5) is 28.4. The van der Waals surface area contributed by atoms with Crippen LogP contribution in [0.2, 0.25) is 0 Å². The molecule has 15 rings (SSSR count). The van der Waals surface area contributed by atoms with Crippen molar-refractivity contribution in [2.75, 3.05) is 0 Å². The molecule has 0 aliphatic rings. The molecule has 0 spiro atoms. The number of aromatic nitrogens is 8. The molecule has 0 saturated heterocycles. The molecule has 0 aliphatic carbocycles. The lowest BCUT2D eigenvalue weighted by Gasteiger charge is -2.17. The van der Waals surface area contributed by atoms with Crippen LogP contribution in [0.15, 0.2) is 242 Å². The molecule has 0 amide bonds. The molecule has 5 aromatic heterocycles. The van der Waals surface area contributed by atoms with E-state index in [1.54, 1.807) is 23.5 Å². The first kappa shape index (κ1) is 27.2. The quantitative estimate of drug-likeness (QED) is 0.151. The fourth-order valence-corrected chi connectivity index (χ4v) is 10.9. The number of thiophene rings is 1. The van der Waals surface area contributed by atoms with Gasteiger partial charge >= 0.3 is 0 Å². The van der Waals surface area contributed by atoms with Gasteiger partial charge in [-0.25, -0.2) is 29.9 Å². The van der Waals surface area contributed by atoms with Gasteiger partial charge in [-0.05, 0) is 60.7 Å². The Morgan fingerprint density at radius 1 is 0.333 bits per heavy atom. The monoisotopic (exact) mass is 996 g/mol. The number of para-hydroxylation sites is 2. The molecule has 75 heavy (non-hydrogen) atoms. The van der Waals surface area contributed by atoms with Crippen LogP contribution >= 0.6 is 11.3 Å². The van der Waals surface area contributed by atoms with Crippen molar-refractivity contribution in [3.05, 3.63) is 242 Å². The number of rotatable bonds is 8.